The highest BCUT2D eigenvalue weighted by Gasteiger charge is 2.24. The summed E-state index contributed by atoms with van der Waals surface area (Å²) in [6.07, 6.45) is 2.35. The van der Waals surface area contributed by atoms with Crippen molar-refractivity contribution in [2.24, 2.45) is 5.92 Å². The summed E-state index contributed by atoms with van der Waals surface area (Å²) in [5.41, 5.74) is 2.59. The van der Waals surface area contributed by atoms with Crippen LogP contribution in [-0.2, 0) is 19.5 Å². The number of rotatable bonds is 2. The molecule has 1 fully saturated rings. The smallest absolute Gasteiger partial charge is 0.203 e. The molecule has 5 heteroatoms. The molecular weight excluding hydrogens is 260 g/mol. The average Bonchev–Trinajstić information content (AvgIpc) is 2.69. The summed E-state index contributed by atoms with van der Waals surface area (Å²) in [4.78, 5) is 9.49. The van der Waals surface area contributed by atoms with Crippen LogP contribution in [0.4, 0.5) is 0 Å². The Labute approximate surface area is 120 Å². The molecule has 0 aromatic carbocycles. The van der Waals surface area contributed by atoms with Crippen molar-refractivity contribution in [3.05, 3.63) is 16.7 Å². The molecule has 1 aromatic rings. The Morgan fingerprint density at radius 2 is 1.95 bits per heavy atom. The molecule has 2 aliphatic heterocycles. The molecule has 3 rings (SSSR count). The first-order valence-corrected chi connectivity index (χ1v) is 7.66. The first kappa shape index (κ1) is 13.4. The number of imidazole rings is 1. The van der Waals surface area contributed by atoms with Crippen molar-refractivity contribution in [1.29, 1.82) is 0 Å². The zero-order chi connectivity index (χ0) is 13.4. The fourth-order valence-corrected chi connectivity index (χ4v) is 3.37. The van der Waals surface area contributed by atoms with Crippen molar-refractivity contribution < 1.29 is 0 Å². The van der Waals surface area contributed by atoms with Gasteiger partial charge in [0.15, 0.2) is 0 Å². The molecule has 1 aromatic heterocycles. The van der Waals surface area contributed by atoms with E-state index in [0.29, 0.717) is 5.28 Å². The maximum Gasteiger partial charge on any atom is 0.203 e. The maximum absolute atomic E-state index is 6.28. The summed E-state index contributed by atoms with van der Waals surface area (Å²) in [5.74, 6) is 0.756. The van der Waals surface area contributed by atoms with Gasteiger partial charge in [0.2, 0.25) is 5.28 Å². The summed E-state index contributed by atoms with van der Waals surface area (Å²) >= 11 is 6.28. The van der Waals surface area contributed by atoms with Crippen LogP contribution in [0.15, 0.2) is 0 Å². The average molecular weight is 283 g/mol. The molecule has 0 N–H and O–H groups in total. The molecule has 0 amide bonds. The number of hydrogen-bond acceptors (Lipinski definition) is 3. The Morgan fingerprint density at radius 3 is 2.68 bits per heavy atom. The summed E-state index contributed by atoms with van der Waals surface area (Å²) in [5, 5.41) is 0.686. The van der Waals surface area contributed by atoms with E-state index in [1.807, 2.05) is 0 Å². The summed E-state index contributed by atoms with van der Waals surface area (Å²) in [6, 6.07) is 0. The van der Waals surface area contributed by atoms with E-state index in [1.165, 1.54) is 17.8 Å². The van der Waals surface area contributed by atoms with Gasteiger partial charge in [0, 0.05) is 45.0 Å². The Balaban J connectivity index is 1.74. The van der Waals surface area contributed by atoms with Crippen molar-refractivity contribution in [2.75, 3.05) is 33.2 Å². The van der Waals surface area contributed by atoms with Crippen molar-refractivity contribution in [3.63, 3.8) is 0 Å². The van der Waals surface area contributed by atoms with Crippen LogP contribution in [0, 0.1) is 5.92 Å². The molecule has 106 valence electrons. The maximum atomic E-state index is 6.28. The Hall–Kier alpha value is -0.580. The highest BCUT2D eigenvalue weighted by molar-refractivity contribution is 6.28. The number of likely N-dealkylation sites (N-methyl/N-ethyl adjacent to an activating group) is 1. The second-order valence-electron chi connectivity index (χ2n) is 6.10. The zero-order valence-electron chi connectivity index (χ0n) is 11.9. The van der Waals surface area contributed by atoms with E-state index >= 15 is 0 Å². The summed E-state index contributed by atoms with van der Waals surface area (Å²) < 4.78 is 2.22. The van der Waals surface area contributed by atoms with Gasteiger partial charge in [-0.3, -0.25) is 4.90 Å². The molecule has 2 aliphatic rings. The first-order valence-electron chi connectivity index (χ1n) is 7.28. The zero-order valence-corrected chi connectivity index (χ0v) is 12.7. The standard InChI is InChI=1S/C14H23ClN4/c1-11-3-4-19-13(9-11)12(16-14(19)15)10-18-7-5-17(2)6-8-18/h11H,3-10H2,1-2H3. The van der Waals surface area contributed by atoms with E-state index in [2.05, 4.69) is 33.3 Å². The quantitative estimate of drug-likeness (QED) is 0.828. The minimum absolute atomic E-state index is 0.686. The number of hydrogen-bond donors (Lipinski definition) is 0. The highest BCUT2D eigenvalue weighted by Crippen LogP contribution is 2.27. The normalized spacial score (nSPS) is 25.5. The van der Waals surface area contributed by atoms with Crippen LogP contribution in [0.5, 0.6) is 0 Å². The molecule has 0 aliphatic carbocycles. The molecule has 0 saturated carbocycles. The third-order valence-electron chi connectivity index (χ3n) is 4.47. The number of halogens is 1. The van der Waals surface area contributed by atoms with Crippen LogP contribution in [-0.4, -0.2) is 52.6 Å². The highest BCUT2D eigenvalue weighted by atomic mass is 35.5. The van der Waals surface area contributed by atoms with E-state index in [9.17, 15) is 0 Å². The van der Waals surface area contributed by atoms with E-state index in [-0.39, 0.29) is 0 Å². The predicted molar refractivity (Wildman–Crippen MR) is 77.5 cm³/mol. The Kier molecular flexibility index (Phi) is 3.83. The van der Waals surface area contributed by atoms with Gasteiger partial charge in [0.05, 0.1) is 5.69 Å². The first-order chi connectivity index (χ1) is 9.13. The van der Waals surface area contributed by atoms with Crippen molar-refractivity contribution >= 4 is 11.6 Å². The molecule has 4 nitrogen and oxygen atoms in total. The fraction of sp³-hybridized carbons (Fsp3) is 0.786. The largest absolute Gasteiger partial charge is 0.319 e. The van der Waals surface area contributed by atoms with Crippen LogP contribution in [0.3, 0.4) is 0 Å². The van der Waals surface area contributed by atoms with Gasteiger partial charge >= 0.3 is 0 Å². The summed E-state index contributed by atoms with van der Waals surface area (Å²) in [6.45, 7) is 8.89. The van der Waals surface area contributed by atoms with Gasteiger partial charge in [-0.2, -0.15) is 0 Å². The molecule has 0 spiro atoms. The van der Waals surface area contributed by atoms with Crippen LogP contribution >= 0.6 is 11.6 Å². The predicted octanol–water partition coefficient (Wildman–Crippen LogP) is 1.87. The molecule has 0 bridgehead atoms. The van der Waals surface area contributed by atoms with Gasteiger partial charge in [0.25, 0.3) is 0 Å². The number of piperazine rings is 1. The van der Waals surface area contributed by atoms with E-state index in [0.717, 1.165) is 51.6 Å². The van der Waals surface area contributed by atoms with E-state index in [1.54, 1.807) is 0 Å². The second-order valence-corrected chi connectivity index (χ2v) is 6.44. The topological polar surface area (TPSA) is 24.3 Å². The number of fused-ring (bicyclic) bond motifs is 1. The third-order valence-corrected chi connectivity index (χ3v) is 4.75. The number of aromatic nitrogens is 2. The summed E-state index contributed by atoms with van der Waals surface area (Å²) in [7, 11) is 2.19. The monoisotopic (exact) mass is 282 g/mol. The van der Waals surface area contributed by atoms with Gasteiger partial charge < -0.3 is 9.47 Å². The Morgan fingerprint density at radius 1 is 1.21 bits per heavy atom. The van der Waals surface area contributed by atoms with Crippen LogP contribution < -0.4 is 0 Å². The van der Waals surface area contributed by atoms with Gasteiger partial charge in [-0.1, -0.05) is 6.92 Å². The van der Waals surface area contributed by atoms with Crippen LogP contribution in [0.25, 0.3) is 0 Å². The van der Waals surface area contributed by atoms with Gasteiger partial charge in [0.1, 0.15) is 0 Å². The van der Waals surface area contributed by atoms with E-state index < -0.39 is 0 Å². The molecule has 19 heavy (non-hydrogen) atoms. The minimum Gasteiger partial charge on any atom is -0.319 e. The lowest BCUT2D eigenvalue weighted by Gasteiger charge is -2.32. The fourth-order valence-electron chi connectivity index (χ4n) is 3.08. The van der Waals surface area contributed by atoms with Gasteiger partial charge in [-0.25, -0.2) is 4.98 Å². The lowest BCUT2D eigenvalue weighted by Crippen LogP contribution is -2.44. The minimum atomic E-state index is 0.686. The SMILES string of the molecule is CC1CCn2c(Cl)nc(CN3CCN(C)CC3)c2C1. The van der Waals surface area contributed by atoms with Crippen LogP contribution in [0.1, 0.15) is 24.7 Å². The molecule has 1 unspecified atom stereocenters. The molecule has 3 heterocycles. The molecular formula is C14H23ClN4. The van der Waals surface area contributed by atoms with Gasteiger partial charge in [-0.05, 0) is 37.4 Å². The lowest BCUT2D eigenvalue weighted by atomic mass is 9.97. The molecule has 0 radical (unpaired) electrons. The third kappa shape index (κ3) is 2.81. The number of nitrogens with zero attached hydrogens (tertiary/aromatic N) is 4. The van der Waals surface area contributed by atoms with E-state index in [4.69, 9.17) is 11.6 Å². The molecule has 1 atom stereocenters. The lowest BCUT2D eigenvalue weighted by molar-refractivity contribution is 0.146. The molecule has 1 saturated heterocycles. The van der Waals surface area contributed by atoms with Crippen molar-refractivity contribution in [3.8, 4) is 0 Å². The van der Waals surface area contributed by atoms with Gasteiger partial charge in [-0.15, -0.1) is 0 Å². The Bertz CT molecular complexity index is 449. The second kappa shape index (κ2) is 5.43. The van der Waals surface area contributed by atoms with Crippen molar-refractivity contribution in [2.45, 2.75) is 32.9 Å². The van der Waals surface area contributed by atoms with Crippen molar-refractivity contribution in [1.82, 2.24) is 19.4 Å². The van der Waals surface area contributed by atoms with Crippen LogP contribution in [0.2, 0.25) is 5.28 Å².